The summed E-state index contributed by atoms with van der Waals surface area (Å²) in [5, 5.41) is 11.9. The van der Waals surface area contributed by atoms with Gasteiger partial charge in [-0.3, -0.25) is 4.79 Å². The summed E-state index contributed by atoms with van der Waals surface area (Å²) in [6.45, 7) is 3.17. The van der Waals surface area contributed by atoms with E-state index < -0.39 is 5.91 Å². The number of unbranched alkanes of at least 4 members (excludes halogenated alkanes) is 5. The molecule has 2 aromatic rings. The van der Waals surface area contributed by atoms with Crippen LogP contribution in [0.1, 0.15) is 56.8 Å². The Morgan fingerprint density at radius 1 is 1.14 bits per heavy atom. The zero-order valence-electron chi connectivity index (χ0n) is 16.4. The molecule has 0 saturated carbocycles. The molecule has 0 bridgehead atoms. The number of hydrogen-bond donors (Lipinski definition) is 1. The SMILES string of the molecule is CCCCCCCCOc1ccc(C=C(C#N)C(=O)NCc2ccco2)cc1. The summed E-state index contributed by atoms with van der Waals surface area (Å²) >= 11 is 0. The highest BCUT2D eigenvalue weighted by Gasteiger charge is 2.09. The summed E-state index contributed by atoms with van der Waals surface area (Å²) in [6, 6.07) is 12.9. The summed E-state index contributed by atoms with van der Waals surface area (Å²) in [7, 11) is 0. The molecule has 0 radical (unpaired) electrons. The largest absolute Gasteiger partial charge is 0.494 e. The number of carbonyl (C=O) groups excluding carboxylic acids is 1. The molecule has 1 aromatic heterocycles. The minimum absolute atomic E-state index is 0.0484. The average Bonchev–Trinajstić information content (AvgIpc) is 3.24. The first-order valence-electron chi connectivity index (χ1n) is 9.88. The van der Waals surface area contributed by atoms with Crippen LogP contribution in [0.2, 0.25) is 0 Å². The molecule has 0 unspecified atom stereocenters. The summed E-state index contributed by atoms with van der Waals surface area (Å²) in [5.74, 6) is 1.01. The van der Waals surface area contributed by atoms with Crippen LogP contribution in [0, 0.1) is 11.3 Å². The van der Waals surface area contributed by atoms with Crippen molar-refractivity contribution in [3.63, 3.8) is 0 Å². The maximum Gasteiger partial charge on any atom is 0.262 e. The summed E-state index contributed by atoms with van der Waals surface area (Å²) in [6.07, 6.45) is 10.5. The number of benzene rings is 1. The van der Waals surface area contributed by atoms with Crippen LogP contribution in [0.3, 0.4) is 0 Å². The van der Waals surface area contributed by atoms with Crippen molar-refractivity contribution in [2.75, 3.05) is 6.61 Å². The number of nitrogens with zero attached hydrogens (tertiary/aromatic N) is 1. The van der Waals surface area contributed by atoms with Crippen molar-refractivity contribution in [2.45, 2.75) is 52.0 Å². The molecular formula is C23H28N2O3. The predicted octanol–water partition coefficient (Wildman–Crippen LogP) is 5.24. The van der Waals surface area contributed by atoms with Gasteiger partial charge in [-0.2, -0.15) is 5.26 Å². The van der Waals surface area contributed by atoms with Crippen LogP contribution in [0.15, 0.2) is 52.7 Å². The second kappa shape index (κ2) is 12.4. The lowest BCUT2D eigenvalue weighted by molar-refractivity contribution is -0.117. The van der Waals surface area contributed by atoms with Gasteiger partial charge in [-0.1, -0.05) is 51.2 Å². The molecule has 5 nitrogen and oxygen atoms in total. The Balaban J connectivity index is 1.78. The number of nitrogens with one attached hydrogen (secondary N) is 1. The van der Waals surface area contributed by atoms with Crippen LogP contribution in [0.5, 0.6) is 5.75 Å². The van der Waals surface area contributed by atoms with Crippen molar-refractivity contribution < 1.29 is 13.9 Å². The Morgan fingerprint density at radius 3 is 2.57 bits per heavy atom. The summed E-state index contributed by atoms with van der Waals surface area (Å²) < 4.78 is 10.9. The third kappa shape index (κ3) is 7.71. The van der Waals surface area contributed by atoms with Crippen LogP contribution in [0.4, 0.5) is 0 Å². The third-order valence-electron chi connectivity index (χ3n) is 4.33. The van der Waals surface area contributed by atoms with Crippen molar-refractivity contribution in [2.24, 2.45) is 0 Å². The highest BCUT2D eigenvalue weighted by atomic mass is 16.5. The topological polar surface area (TPSA) is 75.3 Å². The second-order valence-corrected chi connectivity index (χ2v) is 6.62. The Bertz CT molecular complexity index is 771. The van der Waals surface area contributed by atoms with Gasteiger partial charge < -0.3 is 14.5 Å². The number of carbonyl (C=O) groups is 1. The molecule has 2 rings (SSSR count). The smallest absolute Gasteiger partial charge is 0.262 e. The van der Waals surface area contributed by atoms with Crippen molar-refractivity contribution >= 4 is 12.0 Å². The first-order chi connectivity index (χ1) is 13.7. The second-order valence-electron chi connectivity index (χ2n) is 6.62. The minimum Gasteiger partial charge on any atom is -0.494 e. The molecule has 1 N–H and O–H groups in total. The van der Waals surface area contributed by atoms with E-state index in [-0.39, 0.29) is 12.1 Å². The van der Waals surface area contributed by atoms with Gasteiger partial charge >= 0.3 is 0 Å². The number of furan rings is 1. The number of hydrogen-bond acceptors (Lipinski definition) is 4. The Labute approximate surface area is 167 Å². The standard InChI is InChI=1S/C23H28N2O3/c1-2-3-4-5-6-7-14-27-21-12-10-19(11-13-21)16-20(17-24)23(26)25-18-22-9-8-15-28-22/h8-13,15-16H,2-7,14,18H2,1H3,(H,25,26). The zero-order valence-corrected chi connectivity index (χ0v) is 16.4. The van der Waals surface area contributed by atoms with Gasteiger partial charge in [0, 0.05) is 0 Å². The Kier molecular flexibility index (Phi) is 9.43. The number of rotatable bonds is 12. The minimum atomic E-state index is -0.428. The highest BCUT2D eigenvalue weighted by Crippen LogP contribution is 2.15. The Morgan fingerprint density at radius 2 is 1.89 bits per heavy atom. The van der Waals surface area contributed by atoms with E-state index in [4.69, 9.17) is 9.15 Å². The van der Waals surface area contributed by atoms with Gasteiger partial charge in [0.05, 0.1) is 19.4 Å². The molecule has 1 heterocycles. The lowest BCUT2D eigenvalue weighted by Gasteiger charge is -2.07. The van der Waals surface area contributed by atoms with E-state index in [1.807, 2.05) is 30.3 Å². The van der Waals surface area contributed by atoms with E-state index in [9.17, 15) is 10.1 Å². The molecule has 1 amide bonds. The Hall–Kier alpha value is -3.00. The molecule has 148 valence electrons. The van der Waals surface area contributed by atoms with Gasteiger partial charge in [0.15, 0.2) is 0 Å². The molecule has 1 aromatic carbocycles. The van der Waals surface area contributed by atoms with Gasteiger partial charge in [-0.05, 0) is 42.3 Å². The molecular weight excluding hydrogens is 352 g/mol. The van der Waals surface area contributed by atoms with Crippen molar-refractivity contribution in [3.05, 3.63) is 59.6 Å². The molecule has 0 aliphatic rings. The maximum atomic E-state index is 12.1. The first kappa shape index (κ1) is 21.3. The highest BCUT2D eigenvalue weighted by molar-refractivity contribution is 6.01. The maximum absolute atomic E-state index is 12.1. The van der Waals surface area contributed by atoms with Crippen LogP contribution in [-0.4, -0.2) is 12.5 Å². The molecule has 5 heteroatoms. The van der Waals surface area contributed by atoms with E-state index in [1.54, 1.807) is 24.5 Å². The normalized spacial score (nSPS) is 11.1. The van der Waals surface area contributed by atoms with Crippen LogP contribution >= 0.6 is 0 Å². The first-order valence-corrected chi connectivity index (χ1v) is 9.88. The fourth-order valence-corrected chi connectivity index (χ4v) is 2.72. The van der Waals surface area contributed by atoms with Crippen LogP contribution in [0.25, 0.3) is 6.08 Å². The van der Waals surface area contributed by atoms with Gasteiger partial charge in [0.25, 0.3) is 5.91 Å². The number of ether oxygens (including phenoxy) is 1. The quantitative estimate of drug-likeness (QED) is 0.310. The fourth-order valence-electron chi connectivity index (χ4n) is 2.72. The average molecular weight is 380 g/mol. The molecule has 28 heavy (non-hydrogen) atoms. The van der Waals surface area contributed by atoms with E-state index in [0.29, 0.717) is 12.4 Å². The number of nitriles is 1. The molecule has 0 spiro atoms. The van der Waals surface area contributed by atoms with Crippen molar-refractivity contribution in [1.29, 1.82) is 5.26 Å². The van der Waals surface area contributed by atoms with Crippen LogP contribution in [-0.2, 0) is 11.3 Å². The number of amides is 1. The van der Waals surface area contributed by atoms with Gasteiger partial charge in [-0.25, -0.2) is 0 Å². The predicted molar refractivity (Wildman–Crippen MR) is 109 cm³/mol. The zero-order chi connectivity index (χ0) is 20.0. The van der Waals surface area contributed by atoms with Crippen LogP contribution < -0.4 is 10.1 Å². The van der Waals surface area contributed by atoms with Gasteiger partial charge in [0.1, 0.15) is 23.2 Å². The van der Waals surface area contributed by atoms with E-state index in [2.05, 4.69) is 12.2 Å². The van der Waals surface area contributed by atoms with E-state index >= 15 is 0 Å². The fraction of sp³-hybridized carbons (Fsp3) is 0.391. The third-order valence-corrected chi connectivity index (χ3v) is 4.33. The molecule has 0 fully saturated rings. The molecule has 0 aliphatic heterocycles. The van der Waals surface area contributed by atoms with Gasteiger partial charge in [0.2, 0.25) is 0 Å². The lowest BCUT2D eigenvalue weighted by atomic mass is 10.1. The summed E-state index contributed by atoms with van der Waals surface area (Å²) in [4.78, 5) is 12.1. The molecule has 0 atom stereocenters. The van der Waals surface area contributed by atoms with Gasteiger partial charge in [-0.15, -0.1) is 0 Å². The molecule has 0 aliphatic carbocycles. The molecule has 0 saturated heterocycles. The van der Waals surface area contributed by atoms with E-state index in [1.165, 1.54) is 32.1 Å². The van der Waals surface area contributed by atoms with Crippen molar-refractivity contribution in [3.8, 4) is 11.8 Å². The van der Waals surface area contributed by atoms with E-state index in [0.717, 1.165) is 17.7 Å². The lowest BCUT2D eigenvalue weighted by Crippen LogP contribution is -2.23. The monoisotopic (exact) mass is 380 g/mol. The summed E-state index contributed by atoms with van der Waals surface area (Å²) in [5.41, 5.74) is 0.823. The van der Waals surface area contributed by atoms with Crippen molar-refractivity contribution in [1.82, 2.24) is 5.32 Å².